The summed E-state index contributed by atoms with van der Waals surface area (Å²) in [5.74, 6) is 1.03. The van der Waals surface area contributed by atoms with Crippen LogP contribution in [-0.4, -0.2) is 68.1 Å². The van der Waals surface area contributed by atoms with Gasteiger partial charge in [-0.1, -0.05) is 5.16 Å². The molecule has 28 heavy (non-hydrogen) atoms. The fourth-order valence-corrected chi connectivity index (χ4v) is 3.38. The van der Waals surface area contributed by atoms with Gasteiger partial charge in [-0.3, -0.25) is 8.37 Å². The predicted octanol–water partition coefficient (Wildman–Crippen LogP) is 0.909. The zero-order chi connectivity index (χ0) is 21.0. The van der Waals surface area contributed by atoms with E-state index in [1.165, 1.54) is 14.2 Å². The smallest absolute Gasteiger partial charge is 0.264 e. The SMILES string of the molecule is COc1ccc(C2=NOC(CCOS(C)(=O)=O)(COS(C)(=O)=O)C2)cc1OC. The zero-order valence-electron chi connectivity index (χ0n) is 16.0. The van der Waals surface area contributed by atoms with E-state index in [2.05, 4.69) is 5.16 Å². The van der Waals surface area contributed by atoms with Crippen molar-refractivity contribution in [2.45, 2.75) is 18.4 Å². The summed E-state index contributed by atoms with van der Waals surface area (Å²) in [7, 11) is -4.36. The van der Waals surface area contributed by atoms with Crippen LogP contribution in [0.1, 0.15) is 18.4 Å². The Bertz CT molecular complexity index is 941. The van der Waals surface area contributed by atoms with Gasteiger partial charge in [0.15, 0.2) is 17.1 Å². The molecule has 2 rings (SSSR count). The van der Waals surface area contributed by atoms with Gasteiger partial charge in [0.25, 0.3) is 20.2 Å². The minimum Gasteiger partial charge on any atom is -0.493 e. The van der Waals surface area contributed by atoms with Crippen LogP contribution < -0.4 is 9.47 Å². The van der Waals surface area contributed by atoms with Crippen LogP contribution in [0.4, 0.5) is 0 Å². The van der Waals surface area contributed by atoms with Crippen molar-refractivity contribution in [3.05, 3.63) is 23.8 Å². The Hall–Kier alpha value is -1.89. The number of nitrogens with zero attached hydrogens (tertiary/aromatic N) is 1. The Morgan fingerprint density at radius 1 is 1.04 bits per heavy atom. The number of hydrogen-bond acceptors (Lipinski definition) is 10. The molecule has 1 aliphatic heterocycles. The molecule has 158 valence electrons. The fraction of sp³-hybridized carbons (Fsp3) is 0.562. The Morgan fingerprint density at radius 2 is 1.68 bits per heavy atom. The molecule has 0 radical (unpaired) electrons. The van der Waals surface area contributed by atoms with Gasteiger partial charge in [0.1, 0.15) is 6.61 Å². The van der Waals surface area contributed by atoms with Crippen LogP contribution in [-0.2, 0) is 33.4 Å². The van der Waals surface area contributed by atoms with Gasteiger partial charge in [-0.05, 0) is 18.2 Å². The molecule has 12 heteroatoms. The Morgan fingerprint density at radius 3 is 2.25 bits per heavy atom. The molecule has 10 nitrogen and oxygen atoms in total. The second-order valence-corrected chi connectivity index (χ2v) is 9.59. The van der Waals surface area contributed by atoms with Crippen molar-refractivity contribution in [3.63, 3.8) is 0 Å². The van der Waals surface area contributed by atoms with E-state index in [9.17, 15) is 16.8 Å². The minimum absolute atomic E-state index is 0.0515. The Kier molecular flexibility index (Phi) is 6.91. The van der Waals surface area contributed by atoms with E-state index >= 15 is 0 Å². The molecule has 0 bridgehead atoms. The first-order valence-corrected chi connectivity index (χ1v) is 11.8. The normalized spacial score (nSPS) is 19.8. The summed E-state index contributed by atoms with van der Waals surface area (Å²) in [5, 5.41) is 4.05. The van der Waals surface area contributed by atoms with Crippen molar-refractivity contribution in [1.29, 1.82) is 0 Å². The van der Waals surface area contributed by atoms with Crippen molar-refractivity contribution in [3.8, 4) is 11.5 Å². The maximum atomic E-state index is 11.4. The number of methoxy groups -OCH3 is 2. The first-order valence-electron chi connectivity index (χ1n) is 8.13. The van der Waals surface area contributed by atoms with Gasteiger partial charge < -0.3 is 14.3 Å². The number of hydrogen-bond donors (Lipinski definition) is 0. The summed E-state index contributed by atoms with van der Waals surface area (Å²) in [6.07, 6.45) is 2.08. The summed E-state index contributed by atoms with van der Waals surface area (Å²) >= 11 is 0. The highest BCUT2D eigenvalue weighted by molar-refractivity contribution is 7.86. The predicted molar refractivity (Wildman–Crippen MR) is 101 cm³/mol. The van der Waals surface area contributed by atoms with Gasteiger partial charge in [-0.2, -0.15) is 16.8 Å². The Balaban J connectivity index is 2.20. The third-order valence-corrected chi connectivity index (χ3v) is 5.09. The molecule has 0 aromatic heterocycles. The highest BCUT2D eigenvalue weighted by Crippen LogP contribution is 2.34. The average molecular weight is 437 g/mol. The quantitative estimate of drug-likeness (QED) is 0.491. The van der Waals surface area contributed by atoms with Gasteiger partial charge in [0.2, 0.25) is 0 Å². The molecule has 0 aliphatic carbocycles. The number of oxime groups is 1. The van der Waals surface area contributed by atoms with Gasteiger partial charge in [-0.25, -0.2) is 0 Å². The molecule has 0 N–H and O–H groups in total. The standard InChI is InChI=1S/C16H23NO9S2/c1-22-14-6-5-12(9-15(14)23-2)13-10-16(26-17-13,11-25-28(4,20)21)7-8-24-27(3,18)19/h5-6,9H,7-8,10-11H2,1-4H3. The van der Waals surface area contributed by atoms with Crippen molar-refractivity contribution >= 4 is 25.9 Å². The number of ether oxygens (including phenoxy) is 2. The lowest BCUT2D eigenvalue weighted by Gasteiger charge is -2.25. The maximum absolute atomic E-state index is 11.4. The van der Waals surface area contributed by atoms with Gasteiger partial charge in [0, 0.05) is 18.4 Å². The van der Waals surface area contributed by atoms with Crippen LogP contribution in [0.5, 0.6) is 11.5 Å². The van der Waals surface area contributed by atoms with E-state index in [-0.39, 0.29) is 26.1 Å². The first-order chi connectivity index (χ1) is 13.0. The highest BCUT2D eigenvalue weighted by atomic mass is 32.2. The van der Waals surface area contributed by atoms with Crippen LogP contribution >= 0.6 is 0 Å². The van der Waals surface area contributed by atoms with Crippen molar-refractivity contribution < 1.29 is 39.5 Å². The van der Waals surface area contributed by atoms with E-state index in [1.807, 2.05) is 0 Å². The van der Waals surface area contributed by atoms with Crippen molar-refractivity contribution in [1.82, 2.24) is 0 Å². The highest BCUT2D eigenvalue weighted by Gasteiger charge is 2.41. The summed E-state index contributed by atoms with van der Waals surface area (Å²) in [6, 6.07) is 5.17. The van der Waals surface area contributed by atoms with Crippen LogP contribution in [0.2, 0.25) is 0 Å². The zero-order valence-corrected chi connectivity index (χ0v) is 17.6. The first kappa shape index (κ1) is 22.4. The molecular formula is C16H23NO9S2. The van der Waals surface area contributed by atoms with Gasteiger partial charge in [0.05, 0.1) is 39.0 Å². The van der Waals surface area contributed by atoms with Crippen LogP contribution in [0.25, 0.3) is 0 Å². The second kappa shape index (κ2) is 8.64. The molecule has 1 atom stereocenters. The third kappa shape index (κ3) is 6.33. The molecule has 1 heterocycles. The molecular weight excluding hydrogens is 414 g/mol. The number of rotatable bonds is 10. The molecule has 1 aromatic rings. The molecule has 0 fully saturated rings. The molecule has 0 spiro atoms. The summed E-state index contributed by atoms with van der Waals surface area (Å²) in [4.78, 5) is 5.50. The van der Waals surface area contributed by atoms with Gasteiger partial charge in [-0.15, -0.1) is 0 Å². The average Bonchev–Trinajstić information content (AvgIpc) is 3.02. The van der Waals surface area contributed by atoms with Crippen molar-refractivity contribution in [2.75, 3.05) is 39.9 Å². The Labute approximate surface area is 164 Å². The van der Waals surface area contributed by atoms with Gasteiger partial charge >= 0.3 is 0 Å². The summed E-state index contributed by atoms with van der Waals surface area (Å²) < 4.78 is 65.3. The van der Waals surface area contributed by atoms with Crippen molar-refractivity contribution in [2.24, 2.45) is 5.16 Å². The number of benzene rings is 1. The molecule has 0 amide bonds. The van der Waals surface area contributed by atoms with E-state index in [0.717, 1.165) is 12.5 Å². The molecule has 1 aliphatic rings. The monoisotopic (exact) mass is 437 g/mol. The van der Waals surface area contributed by atoms with E-state index < -0.39 is 25.8 Å². The fourth-order valence-electron chi connectivity index (χ4n) is 2.57. The minimum atomic E-state index is -3.73. The summed E-state index contributed by atoms with van der Waals surface area (Å²) in [5.41, 5.74) is 0.0244. The topological polar surface area (TPSA) is 127 Å². The van der Waals surface area contributed by atoms with Crippen LogP contribution in [0.15, 0.2) is 23.4 Å². The van der Waals surface area contributed by atoms with E-state index in [4.69, 9.17) is 22.7 Å². The largest absolute Gasteiger partial charge is 0.493 e. The molecule has 1 unspecified atom stereocenters. The van der Waals surface area contributed by atoms with Crippen LogP contribution in [0.3, 0.4) is 0 Å². The lowest BCUT2D eigenvalue weighted by molar-refractivity contribution is -0.0598. The lowest BCUT2D eigenvalue weighted by atomic mass is 9.92. The molecule has 0 saturated carbocycles. The van der Waals surface area contributed by atoms with E-state index in [1.54, 1.807) is 18.2 Å². The lowest BCUT2D eigenvalue weighted by Crippen LogP contribution is -2.37. The second-order valence-electron chi connectivity index (χ2n) is 6.30. The molecule has 1 aromatic carbocycles. The third-order valence-electron chi connectivity index (χ3n) is 3.95. The van der Waals surface area contributed by atoms with E-state index in [0.29, 0.717) is 22.8 Å². The molecule has 0 saturated heterocycles. The van der Waals surface area contributed by atoms with Crippen LogP contribution in [0, 0.1) is 0 Å². The maximum Gasteiger partial charge on any atom is 0.264 e. The summed E-state index contributed by atoms with van der Waals surface area (Å²) in [6.45, 7) is -0.542.